The smallest absolute Gasteiger partial charge is 0.414 e. The largest absolute Gasteiger partial charge is 0.497 e. The van der Waals surface area contributed by atoms with Crippen LogP contribution in [0.2, 0.25) is 0 Å². The Morgan fingerprint density at radius 2 is 1.98 bits per heavy atom. The Balaban J connectivity index is 1.44. The van der Waals surface area contributed by atoms with Crippen LogP contribution in [-0.2, 0) is 38.2 Å². The number of aliphatic hydroxyl groups excluding tert-OH is 1. The first-order valence-electron chi connectivity index (χ1n) is 15.5. The van der Waals surface area contributed by atoms with Crippen LogP contribution in [0, 0.1) is 11.8 Å². The van der Waals surface area contributed by atoms with Crippen LogP contribution in [-0.4, -0.2) is 71.6 Å². The van der Waals surface area contributed by atoms with Gasteiger partial charge in [-0.2, -0.15) is 0 Å². The van der Waals surface area contributed by atoms with Gasteiger partial charge in [0.1, 0.15) is 12.4 Å². The highest BCUT2D eigenvalue weighted by Gasteiger charge is 2.65. The first-order chi connectivity index (χ1) is 21.6. The summed E-state index contributed by atoms with van der Waals surface area (Å²) in [6.07, 6.45) is 3.85. The summed E-state index contributed by atoms with van der Waals surface area (Å²) in [7, 11) is 1.65. The van der Waals surface area contributed by atoms with Crippen molar-refractivity contribution < 1.29 is 28.9 Å². The molecule has 4 heterocycles. The second-order valence-electron chi connectivity index (χ2n) is 12.6. The minimum absolute atomic E-state index is 0.00244. The summed E-state index contributed by atoms with van der Waals surface area (Å²) in [6, 6.07) is 13.8. The maximum atomic E-state index is 14.7. The van der Waals surface area contributed by atoms with E-state index in [2.05, 4.69) is 49.8 Å². The lowest BCUT2D eigenvalue weighted by atomic mass is 9.63. The predicted octanol–water partition coefficient (Wildman–Crippen LogP) is 4.23. The van der Waals surface area contributed by atoms with Crippen LogP contribution >= 0.6 is 0 Å². The molecule has 1 spiro atoms. The zero-order chi connectivity index (χ0) is 31.9. The summed E-state index contributed by atoms with van der Waals surface area (Å²) in [5.74, 6) is 0.306. The molecule has 3 aliphatic rings. The number of hydrogen-bond acceptors (Lipinski definition) is 8. The van der Waals surface area contributed by atoms with Gasteiger partial charge in [-0.15, -0.1) is 11.7 Å². The average molecular weight is 616 g/mol. The maximum Gasteiger partial charge on any atom is 0.414 e. The molecule has 2 fully saturated rings. The van der Waals surface area contributed by atoms with Crippen LogP contribution in [0.15, 0.2) is 61.3 Å². The Hall–Kier alpha value is -4.22. The number of cyclic esters (lactones) is 1. The van der Waals surface area contributed by atoms with Crippen LogP contribution in [0.25, 0.3) is 0 Å². The third-order valence-corrected chi connectivity index (χ3v) is 9.80. The molecule has 2 saturated heterocycles. The van der Waals surface area contributed by atoms with Crippen LogP contribution in [0.4, 0.5) is 16.2 Å². The molecule has 11 heteroatoms. The number of aryl methyl sites for hydroxylation is 1. The highest BCUT2D eigenvalue weighted by molar-refractivity contribution is 6.08. The van der Waals surface area contributed by atoms with E-state index in [1.165, 1.54) is 0 Å². The lowest BCUT2D eigenvalue weighted by molar-refractivity contribution is -0.146. The zero-order valence-corrected chi connectivity index (χ0v) is 26.3. The van der Waals surface area contributed by atoms with Gasteiger partial charge in [-0.1, -0.05) is 44.2 Å². The standard InChI is InChI=1S/C34H41N5O6/c1-6-15-39-28-12-9-25(38-17-19-44-32(38)42)20-27(28)34(31(39)41)22(2)30(33(3,4)23-7-10-26(43-5)11-8-23)29(45-34)13-16-37-21-24(14-18-40)35-36-37/h6-12,20-22,29-30,40H,1,13-19H2,2-5H3/t22-,29+,30-,34+/m1/s1. The molecular formula is C34H41N5O6. The van der Waals surface area contributed by atoms with Crippen LogP contribution in [0.3, 0.4) is 0 Å². The Kier molecular flexibility index (Phi) is 8.17. The lowest BCUT2D eigenvalue weighted by Crippen LogP contribution is -2.46. The molecule has 45 heavy (non-hydrogen) atoms. The van der Waals surface area contributed by atoms with E-state index in [0.717, 1.165) is 28.3 Å². The van der Waals surface area contributed by atoms with E-state index in [1.807, 2.05) is 36.5 Å². The van der Waals surface area contributed by atoms with E-state index in [-0.39, 0.29) is 30.5 Å². The molecule has 0 saturated carbocycles. The van der Waals surface area contributed by atoms with Crippen LogP contribution < -0.4 is 14.5 Å². The monoisotopic (exact) mass is 615 g/mol. The third-order valence-electron chi connectivity index (χ3n) is 9.80. The van der Waals surface area contributed by atoms with Gasteiger partial charge in [0.25, 0.3) is 5.91 Å². The lowest BCUT2D eigenvalue weighted by Gasteiger charge is -2.38. The normalized spacial score (nSPS) is 24.4. The number of aliphatic hydroxyl groups is 1. The maximum absolute atomic E-state index is 14.7. The number of rotatable bonds is 11. The number of ether oxygens (including phenoxy) is 3. The summed E-state index contributed by atoms with van der Waals surface area (Å²) >= 11 is 0. The van der Waals surface area contributed by atoms with Crippen LogP contribution in [0.1, 0.15) is 44.0 Å². The molecule has 6 rings (SSSR count). The van der Waals surface area contributed by atoms with E-state index in [4.69, 9.17) is 14.2 Å². The summed E-state index contributed by atoms with van der Waals surface area (Å²) in [5, 5.41) is 17.8. The fourth-order valence-electron chi connectivity index (χ4n) is 7.61. The Morgan fingerprint density at radius 3 is 2.64 bits per heavy atom. The molecule has 1 aromatic heterocycles. The first-order valence-corrected chi connectivity index (χ1v) is 15.5. The molecule has 1 N–H and O–H groups in total. The number of aromatic nitrogens is 3. The van der Waals surface area contributed by atoms with E-state index in [9.17, 15) is 14.7 Å². The molecular weight excluding hydrogens is 574 g/mol. The summed E-state index contributed by atoms with van der Waals surface area (Å²) in [6.45, 7) is 12.1. The van der Waals surface area contributed by atoms with Gasteiger partial charge in [0, 0.05) is 55.4 Å². The van der Waals surface area contributed by atoms with Crippen molar-refractivity contribution in [2.24, 2.45) is 11.8 Å². The van der Waals surface area contributed by atoms with Crippen molar-refractivity contribution in [2.45, 2.75) is 57.3 Å². The molecule has 0 bridgehead atoms. The van der Waals surface area contributed by atoms with Gasteiger partial charge in [0.15, 0.2) is 5.60 Å². The Morgan fingerprint density at radius 1 is 1.20 bits per heavy atom. The van der Waals surface area contributed by atoms with Gasteiger partial charge in [-0.3, -0.25) is 14.4 Å². The van der Waals surface area contributed by atoms with E-state index >= 15 is 0 Å². The first kappa shape index (κ1) is 30.8. The van der Waals surface area contributed by atoms with Crippen LogP contribution in [0.5, 0.6) is 5.75 Å². The minimum Gasteiger partial charge on any atom is -0.497 e. The highest BCUT2D eigenvalue weighted by atomic mass is 16.6. The van der Waals surface area contributed by atoms with Gasteiger partial charge in [0.2, 0.25) is 0 Å². The van der Waals surface area contributed by atoms with Crippen molar-refractivity contribution in [1.29, 1.82) is 0 Å². The fraction of sp³-hybridized carbons (Fsp3) is 0.471. The summed E-state index contributed by atoms with van der Waals surface area (Å²) < 4.78 is 19.6. The number of amides is 2. The predicted molar refractivity (Wildman–Crippen MR) is 168 cm³/mol. The van der Waals surface area contributed by atoms with Gasteiger partial charge < -0.3 is 24.2 Å². The Bertz CT molecular complexity index is 1590. The topological polar surface area (TPSA) is 119 Å². The molecule has 3 aromatic rings. The number of carbonyl (C=O) groups is 2. The number of anilines is 2. The van der Waals surface area contributed by atoms with Gasteiger partial charge in [-0.25, -0.2) is 4.79 Å². The van der Waals surface area contributed by atoms with Crippen molar-refractivity contribution in [1.82, 2.24) is 15.0 Å². The molecule has 238 valence electrons. The van der Waals surface area contributed by atoms with Crippen molar-refractivity contribution in [2.75, 3.05) is 43.2 Å². The minimum atomic E-state index is -1.28. The third kappa shape index (κ3) is 5.07. The van der Waals surface area contributed by atoms with Gasteiger partial charge in [-0.05, 0) is 47.7 Å². The molecule has 11 nitrogen and oxygen atoms in total. The number of fused-ring (bicyclic) bond motifs is 2. The number of hydrogen-bond donors (Lipinski definition) is 1. The van der Waals surface area contributed by atoms with Gasteiger partial charge >= 0.3 is 6.09 Å². The molecule has 0 aliphatic carbocycles. The molecule has 2 amide bonds. The molecule has 0 radical (unpaired) electrons. The van der Waals surface area contributed by atoms with E-state index in [1.54, 1.807) is 27.7 Å². The fourth-order valence-corrected chi connectivity index (χ4v) is 7.61. The molecule has 2 aromatic carbocycles. The number of methoxy groups -OCH3 is 1. The summed E-state index contributed by atoms with van der Waals surface area (Å²) in [4.78, 5) is 30.5. The second kappa shape index (κ2) is 11.9. The SMILES string of the molecule is C=CCN1C(=O)[C@@]2(O[C@@H](CCn3cc(CCO)nn3)[C@H](C(C)(C)c3ccc(OC)cc3)[C@H]2C)c2cc(N3CCOC3=O)ccc21. The van der Waals surface area contributed by atoms with E-state index in [0.29, 0.717) is 44.8 Å². The number of benzene rings is 2. The second-order valence-corrected chi connectivity index (χ2v) is 12.6. The highest BCUT2D eigenvalue weighted by Crippen LogP contribution is 2.60. The molecule has 3 aliphatic heterocycles. The van der Waals surface area contributed by atoms with Crippen molar-refractivity contribution in [3.05, 3.63) is 78.1 Å². The van der Waals surface area contributed by atoms with Crippen molar-refractivity contribution in [3.63, 3.8) is 0 Å². The van der Waals surface area contributed by atoms with Crippen molar-refractivity contribution in [3.8, 4) is 5.75 Å². The molecule has 4 atom stereocenters. The van der Waals surface area contributed by atoms with Gasteiger partial charge in [0.05, 0.1) is 31.1 Å². The zero-order valence-electron chi connectivity index (χ0n) is 26.3. The summed E-state index contributed by atoms with van der Waals surface area (Å²) in [5.41, 5.74) is 2.33. The quantitative estimate of drug-likeness (QED) is 0.319. The van der Waals surface area contributed by atoms with E-state index < -0.39 is 17.1 Å². The number of nitrogens with zero attached hydrogens (tertiary/aromatic N) is 5. The number of carbonyl (C=O) groups excluding carboxylic acids is 2. The average Bonchev–Trinajstić information content (AvgIpc) is 3.79. The molecule has 0 unspecified atom stereocenters. The Labute approximate surface area is 263 Å². The van der Waals surface area contributed by atoms with Crippen molar-refractivity contribution >= 4 is 23.4 Å².